The monoisotopic (exact) mass is 355 g/mol. The largest absolute Gasteiger partial charge is 0.382 e. The number of nitrogen functional groups attached to an aromatic ring is 1. The maximum atomic E-state index is 12.6. The van der Waals surface area contributed by atoms with Crippen LogP contribution >= 0.6 is 0 Å². The molecule has 0 unspecified atom stereocenters. The molecule has 2 rings (SSSR count). The van der Waals surface area contributed by atoms with Gasteiger partial charge in [0.25, 0.3) is 0 Å². The summed E-state index contributed by atoms with van der Waals surface area (Å²) in [5, 5.41) is -0.510. The molecule has 0 atom stereocenters. The zero-order valence-electron chi connectivity index (χ0n) is 12.9. The number of nitrogens with zero attached hydrogens (tertiary/aromatic N) is 2. The van der Waals surface area contributed by atoms with Crippen LogP contribution in [0, 0.1) is 0 Å². The van der Waals surface area contributed by atoms with E-state index in [4.69, 9.17) is 5.73 Å². The van der Waals surface area contributed by atoms with E-state index in [1.807, 2.05) is 13.8 Å². The van der Waals surface area contributed by atoms with Gasteiger partial charge in [-0.05, 0) is 23.6 Å². The van der Waals surface area contributed by atoms with Crippen molar-refractivity contribution in [3.63, 3.8) is 0 Å². The molecule has 1 aromatic heterocycles. The van der Waals surface area contributed by atoms with Gasteiger partial charge in [-0.25, -0.2) is 21.8 Å². The number of rotatable bonds is 4. The Hall–Kier alpha value is -2.00. The van der Waals surface area contributed by atoms with Crippen LogP contribution in [0.5, 0.6) is 0 Å². The number of anilines is 1. The van der Waals surface area contributed by atoms with Gasteiger partial charge >= 0.3 is 0 Å². The van der Waals surface area contributed by atoms with Crippen molar-refractivity contribution < 1.29 is 16.8 Å². The molecule has 0 aliphatic heterocycles. The summed E-state index contributed by atoms with van der Waals surface area (Å²) < 4.78 is 47.9. The van der Waals surface area contributed by atoms with E-state index in [0.717, 1.165) is 18.0 Å². The van der Waals surface area contributed by atoms with Crippen LogP contribution in [0.25, 0.3) is 0 Å². The van der Waals surface area contributed by atoms with E-state index >= 15 is 0 Å². The lowest BCUT2D eigenvalue weighted by Gasteiger charge is -2.09. The number of benzene rings is 1. The summed E-state index contributed by atoms with van der Waals surface area (Å²) in [5.41, 5.74) is 6.63. The van der Waals surface area contributed by atoms with Gasteiger partial charge in [0.1, 0.15) is 10.7 Å². The molecule has 0 bridgehead atoms. The van der Waals surface area contributed by atoms with Crippen molar-refractivity contribution >= 4 is 25.5 Å². The normalized spacial score (nSPS) is 12.5. The molecule has 7 nitrogen and oxygen atoms in total. The van der Waals surface area contributed by atoms with Gasteiger partial charge in [0, 0.05) is 6.26 Å². The average Bonchev–Trinajstić information content (AvgIpc) is 2.46. The van der Waals surface area contributed by atoms with Crippen LogP contribution in [0.2, 0.25) is 0 Å². The van der Waals surface area contributed by atoms with Gasteiger partial charge < -0.3 is 5.73 Å². The van der Waals surface area contributed by atoms with E-state index in [9.17, 15) is 16.8 Å². The molecular formula is C14H17N3O4S2. The fourth-order valence-electron chi connectivity index (χ4n) is 1.91. The number of sulfone groups is 2. The van der Waals surface area contributed by atoms with Crippen LogP contribution in [-0.4, -0.2) is 33.1 Å². The Labute approximate surface area is 135 Å². The number of aromatic nitrogens is 2. The van der Waals surface area contributed by atoms with Gasteiger partial charge in [0.15, 0.2) is 0 Å². The van der Waals surface area contributed by atoms with Crippen LogP contribution < -0.4 is 5.73 Å². The van der Waals surface area contributed by atoms with Crippen molar-refractivity contribution in [2.24, 2.45) is 0 Å². The molecule has 0 saturated carbocycles. The molecule has 23 heavy (non-hydrogen) atoms. The van der Waals surface area contributed by atoms with Crippen molar-refractivity contribution in [1.29, 1.82) is 0 Å². The van der Waals surface area contributed by atoms with Gasteiger partial charge in [0.05, 0.1) is 11.1 Å². The molecule has 0 fully saturated rings. The van der Waals surface area contributed by atoms with Crippen molar-refractivity contribution in [2.45, 2.75) is 34.7 Å². The molecule has 0 radical (unpaired) electrons. The maximum Gasteiger partial charge on any atom is 0.248 e. The van der Waals surface area contributed by atoms with Gasteiger partial charge in [-0.15, -0.1) is 0 Å². The van der Waals surface area contributed by atoms with Gasteiger partial charge in [-0.2, -0.15) is 4.98 Å². The van der Waals surface area contributed by atoms with Crippen molar-refractivity contribution in [1.82, 2.24) is 9.97 Å². The van der Waals surface area contributed by atoms with E-state index in [1.165, 1.54) is 12.1 Å². The van der Waals surface area contributed by atoms with E-state index in [2.05, 4.69) is 9.97 Å². The molecule has 2 aromatic rings. The predicted molar refractivity (Wildman–Crippen MR) is 85.5 cm³/mol. The van der Waals surface area contributed by atoms with Crippen LogP contribution in [0.15, 0.2) is 45.4 Å². The van der Waals surface area contributed by atoms with Crippen molar-refractivity contribution in [3.05, 3.63) is 36.0 Å². The summed E-state index contributed by atoms with van der Waals surface area (Å²) in [6, 6.07) is 6.40. The summed E-state index contributed by atoms with van der Waals surface area (Å²) in [6.07, 6.45) is 1.84. The topological polar surface area (TPSA) is 120 Å². The molecule has 0 spiro atoms. The Balaban J connectivity index is 2.52. The van der Waals surface area contributed by atoms with Gasteiger partial charge in [-0.1, -0.05) is 26.0 Å². The summed E-state index contributed by atoms with van der Waals surface area (Å²) in [6.45, 7) is 4.00. The Morgan fingerprint density at radius 2 is 1.61 bits per heavy atom. The molecule has 1 aromatic carbocycles. The summed E-state index contributed by atoms with van der Waals surface area (Å²) >= 11 is 0. The molecule has 0 aliphatic carbocycles. The number of nitrogens with two attached hydrogens (primary N) is 1. The molecular weight excluding hydrogens is 338 g/mol. The Bertz CT molecular complexity index is 934. The third-order valence-corrected chi connectivity index (χ3v) is 5.89. The second-order valence-corrected chi connectivity index (χ2v) is 9.23. The SMILES string of the molecule is CC(C)c1ccc(S(=O)(=O)c2cnc(S(C)(=O)=O)nc2N)cc1. The quantitative estimate of drug-likeness (QED) is 0.823. The second-order valence-electron chi connectivity index (χ2n) is 5.40. The molecule has 9 heteroatoms. The summed E-state index contributed by atoms with van der Waals surface area (Å²) in [4.78, 5) is 6.90. The van der Waals surface area contributed by atoms with E-state index in [1.54, 1.807) is 12.1 Å². The summed E-state index contributed by atoms with van der Waals surface area (Å²) in [7, 11) is -7.58. The highest BCUT2D eigenvalue weighted by molar-refractivity contribution is 7.91. The van der Waals surface area contributed by atoms with Crippen LogP contribution in [0.1, 0.15) is 25.3 Å². The van der Waals surface area contributed by atoms with Crippen molar-refractivity contribution in [2.75, 3.05) is 12.0 Å². The Morgan fingerprint density at radius 3 is 2.04 bits per heavy atom. The van der Waals surface area contributed by atoms with Gasteiger partial charge in [-0.3, -0.25) is 0 Å². The smallest absolute Gasteiger partial charge is 0.248 e. The highest BCUT2D eigenvalue weighted by Gasteiger charge is 2.24. The number of hydrogen-bond donors (Lipinski definition) is 1. The lowest BCUT2D eigenvalue weighted by Crippen LogP contribution is -2.12. The first-order chi connectivity index (χ1) is 10.5. The molecule has 124 valence electrons. The van der Waals surface area contributed by atoms with E-state index < -0.39 is 30.6 Å². The molecule has 0 saturated heterocycles. The lowest BCUT2D eigenvalue weighted by molar-refractivity contribution is 0.587. The third-order valence-electron chi connectivity index (χ3n) is 3.24. The Kier molecular flexibility index (Phi) is 4.45. The second kappa shape index (κ2) is 5.89. The maximum absolute atomic E-state index is 12.6. The Morgan fingerprint density at radius 1 is 1.04 bits per heavy atom. The van der Waals surface area contributed by atoms with Crippen LogP contribution in [-0.2, 0) is 19.7 Å². The lowest BCUT2D eigenvalue weighted by atomic mass is 10.0. The minimum Gasteiger partial charge on any atom is -0.382 e. The zero-order valence-corrected chi connectivity index (χ0v) is 14.5. The standard InChI is InChI=1S/C14H17N3O4S2/c1-9(2)10-4-6-11(7-5-10)23(20,21)12-8-16-14(17-13(12)15)22(3,18)19/h4-9H,1-3H3,(H2,15,16,17). The minimum absolute atomic E-state index is 0.0457. The zero-order chi connectivity index (χ0) is 17.4. The molecule has 0 aliphatic rings. The predicted octanol–water partition coefficient (Wildman–Crippen LogP) is 1.42. The minimum atomic E-state index is -3.92. The van der Waals surface area contributed by atoms with Crippen molar-refractivity contribution in [3.8, 4) is 0 Å². The highest BCUT2D eigenvalue weighted by Crippen LogP contribution is 2.26. The van der Waals surface area contributed by atoms with Gasteiger partial charge in [0.2, 0.25) is 24.8 Å². The molecule has 0 amide bonds. The fraction of sp³-hybridized carbons (Fsp3) is 0.286. The van der Waals surface area contributed by atoms with Crippen LogP contribution in [0.3, 0.4) is 0 Å². The first kappa shape index (κ1) is 17.4. The highest BCUT2D eigenvalue weighted by atomic mass is 32.2. The first-order valence-electron chi connectivity index (χ1n) is 6.71. The van der Waals surface area contributed by atoms with E-state index in [0.29, 0.717) is 0 Å². The van der Waals surface area contributed by atoms with Crippen LogP contribution in [0.4, 0.5) is 5.82 Å². The average molecular weight is 355 g/mol. The van der Waals surface area contributed by atoms with E-state index in [-0.39, 0.29) is 15.7 Å². The first-order valence-corrected chi connectivity index (χ1v) is 10.1. The summed E-state index contributed by atoms with van der Waals surface area (Å²) in [5.74, 6) is -0.123. The third kappa shape index (κ3) is 3.50. The fourth-order valence-corrected chi connectivity index (χ4v) is 3.68. The number of hydrogen-bond acceptors (Lipinski definition) is 7. The molecule has 2 N–H and O–H groups in total. The molecule has 1 heterocycles.